The number of hydrogen-bond acceptors (Lipinski definition) is 4. The predicted molar refractivity (Wildman–Crippen MR) is 98.8 cm³/mol. The van der Waals surface area contributed by atoms with Crippen LogP contribution >= 0.6 is 15.9 Å². The Bertz CT molecular complexity index is 955. The second-order valence-electron chi connectivity index (χ2n) is 6.28. The van der Waals surface area contributed by atoms with Crippen LogP contribution in [-0.4, -0.2) is 32.3 Å². The van der Waals surface area contributed by atoms with Crippen molar-refractivity contribution in [1.29, 1.82) is 0 Å². The predicted octanol–water partition coefficient (Wildman–Crippen LogP) is 3.21. The Hall–Kier alpha value is -1.89. The van der Waals surface area contributed by atoms with Gasteiger partial charge in [-0.05, 0) is 47.3 Å². The van der Waals surface area contributed by atoms with Gasteiger partial charge < -0.3 is 4.90 Å². The summed E-state index contributed by atoms with van der Waals surface area (Å²) >= 11 is 3.63. The smallest absolute Gasteiger partial charge is 0.284 e. The number of anilines is 1. The number of rotatable bonds is 4. The SMILES string of the molecule is CCCCn1ncn2c3ccc(Br)c(N4CCCC4)c3c(=O)nc12. The molecule has 1 aliphatic rings. The molecule has 2 aromatic heterocycles. The average Bonchev–Trinajstić information content (AvgIpc) is 3.23. The first kappa shape index (κ1) is 15.6. The zero-order valence-electron chi connectivity index (χ0n) is 13.7. The molecule has 24 heavy (non-hydrogen) atoms. The van der Waals surface area contributed by atoms with E-state index in [4.69, 9.17) is 0 Å². The van der Waals surface area contributed by atoms with Crippen molar-refractivity contribution in [3.8, 4) is 0 Å². The van der Waals surface area contributed by atoms with Crippen LogP contribution in [0.15, 0.2) is 27.7 Å². The molecule has 126 valence electrons. The second-order valence-corrected chi connectivity index (χ2v) is 7.13. The van der Waals surface area contributed by atoms with Crippen molar-refractivity contribution in [2.75, 3.05) is 18.0 Å². The van der Waals surface area contributed by atoms with Crippen LogP contribution in [0.4, 0.5) is 5.69 Å². The first-order valence-electron chi connectivity index (χ1n) is 8.52. The van der Waals surface area contributed by atoms with Gasteiger partial charge in [-0.25, -0.2) is 4.68 Å². The molecule has 0 radical (unpaired) electrons. The van der Waals surface area contributed by atoms with E-state index in [0.29, 0.717) is 11.2 Å². The molecule has 0 aliphatic carbocycles. The fourth-order valence-electron chi connectivity index (χ4n) is 3.45. The van der Waals surface area contributed by atoms with Crippen LogP contribution in [0, 0.1) is 0 Å². The first-order valence-corrected chi connectivity index (χ1v) is 9.31. The molecule has 0 saturated carbocycles. The molecule has 3 aromatic rings. The van der Waals surface area contributed by atoms with Gasteiger partial charge in [-0.15, -0.1) is 0 Å². The quantitative estimate of drug-likeness (QED) is 0.687. The zero-order valence-corrected chi connectivity index (χ0v) is 15.3. The average molecular weight is 390 g/mol. The van der Waals surface area contributed by atoms with Crippen LogP contribution in [0.25, 0.3) is 16.7 Å². The topological polar surface area (TPSA) is 55.4 Å². The van der Waals surface area contributed by atoms with E-state index < -0.39 is 0 Å². The largest absolute Gasteiger partial charge is 0.370 e. The molecular formula is C17H20BrN5O. The minimum absolute atomic E-state index is 0.175. The summed E-state index contributed by atoms with van der Waals surface area (Å²) in [5.74, 6) is 0.621. The van der Waals surface area contributed by atoms with Gasteiger partial charge in [0.15, 0.2) is 0 Å². The first-order chi connectivity index (χ1) is 11.7. The normalized spacial score (nSPS) is 15.0. The molecule has 0 atom stereocenters. The van der Waals surface area contributed by atoms with Gasteiger partial charge in [0.05, 0.1) is 16.6 Å². The summed E-state index contributed by atoms with van der Waals surface area (Å²) in [6, 6.07) is 3.99. The standard InChI is InChI=1S/C17H20BrN5O/c1-2-3-10-23-17-20-16(24)14-13(22(17)11-19-23)7-6-12(18)15(14)21-8-4-5-9-21/h6-7,11H,2-5,8-10H2,1H3. The van der Waals surface area contributed by atoms with Crippen molar-refractivity contribution in [2.45, 2.75) is 39.2 Å². The summed E-state index contributed by atoms with van der Waals surface area (Å²) in [5.41, 5.74) is 1.67. The van der Waals surface area contributed by atoms with Gasteiger partial charge in [0, 0.05) is 24.1 Å². The van der Waals surface area contributed by atoms with E-state index >= 15 is 0 Å². The molecule has 0 spiro atoms. The van der Waals surface area contributed by atoms with Crippen molar-refractivity contribution in [3.63, 3.8) is 0 Å². The number of unbranched alkanes of at least 4 members (excludes halogenated alkanes) is 1. The molecule has 1 aliphatic heterocycles. The van der Waals surface area contributed by atoms with E-state index in [1.807, 2.05) is 21.2 Å². The molecule has 7 heteroatoms. The summed E-state index contributed by atoms with van der Waals surface area (Å²) < 4.78 is 4.70. The Morgan fingerprint density at radius 1 is 1.25 bits per heavy atom. The molecule has 0 N–H and O–H groups in total. The lowest BCUT2D eigenvalue weighted by Gasteiger charge is -2.21. The van der Waals surface area contributed by atoms with E-state index in [1.165, 1.54) is 0 Å². The Balaban J connectivity index is 1.99. The molecule has 1 fully saturated rings. The van der Waals surface area contributed by atoms with Crippen molar-refractivity contribution in [3.05, 3.63) is 33.3 Å². The molecule has 4 rings (SSSR count). The fraction of sp³-hybridized carbons (Fsp3) is 0.471. The zero-order chi connectivity index (χ0) is 16.7. The second kappa shape index (κ2) is 6.20. The van der Waals surface area contributed by atoms with Crippen LogP contribution in [0.3, 0.4) is 0 Å². The minimum Gasteiger partial charge on any atom is -0.370 e. The van der Waals surface area contributed by atoms with E-state index in [9.17, 15) is 4.79 Å². The summed E-state index contributed by atoms with van der Waals surface area (Å²) in [6.07, 6.45) is 6.19. The molecule has 0 amide bonds. The van der Waals surface area contributed by atoms with Crippen LogP contribution in [0.2, 0.25) is 0 Å². The highest BCUT2D eigenvalue weighted by molar-refractivity contribution is 9.10. The highest BCUT2D eigenvalue weighted by atomic mass is 79.9. The van der Waals surface area contributed by atoms with E-state index in [-0.39, 0.29) is 5.56 Å². The number of benzene rings is 1. The van der Waals surface area contributed by atoms with Crippen LogP contribution in [0.5, 0.6) is 0 Å². The van der Waals surface area contributed by atoms with E-state index in [1.54, 1.807) is 6.33 Å². The van der Waals surface area contributed by atoms with Crippen molar-refractivity contribution >= 4 is 38.3 Å². The number of nitrogens with zero attached hydrogens (tertiary/aromatic N) is 5. The summed E-state index contributed by atoms with van der Waals surface area (Å²) in [7, 11) is 0. The van der Waals surface area contributed by atoms with Crippen molar-refractivity contribution in [2.24, 2.45) is 0 Å². The summed E-state index contributed by atoms with van der Waals surface area (Å²) in [5, 5.41) is 5.11. The Morgan fingerprint density at radius 3 is 2.79 bits per heavy atom. The number of halogens is 1. The van der Waals surface area contributed by atoms with Crippen LogP contribution in [0.1, 0.15) is 32.6 Å². The van der Waals surface area contributed by atoms with Gasteiger partial charge in [0.25, 0.3) is 5.56 Å². The Kier molecular flexibility index (Phi) is 4.04. The molecule has 1 saturated heterocycles. The highest BCUT2D eigenvalue weighted by Gasteiger charge is 2.21. The lowest BCUT2D eigenvalue weighted by molar-refractivity contribution is 0.583. The van der Waals surface area contributed by atoms with Gasteiger partial charge in [-0.2, -0.15) is 10.1 Å². The third-order valence-corrected chi connectivity index (χ3v) is 5.32. The summed E-state index contributed by atoms with van der Waals surface area (Å²) in [6.45, 7) is 4.88. The molecular weight excluding hydrogens is 370 g/mol. The van der Waals surface area contributed by atoms with Gasteiger partial charge in [-0.3, -0.25) is 9.20 Å². The molecule has 0 bridgehead atoms. The van der Waals surface area contributed by atoms with Gasteiger partial charge in [0.1, 0.15) is 6.33 Å². The Labute approximate surface area is 148 Å². The monoisotopic (exact) mass is 389 g/mol. The van der Waals surface area contributed by atoms with Crippen molar-refractivity contribution in [1.82, 2.24) is 19.2 Å². The molecule has 1 aromatic carbocycles. The third kappa shape index (κ3) is 2.42. The van der Waals surface area contributed by atoms with Crippen LogP contribution < -0.4 is 10.5 Å². The van der Waals surface area contributed by atoms with Gasteiger partial charge in [0.2, 0.25) is 5.78 Å². The maximum Gasteiger partial charge on any atom is 0.284 e. The minimum atomic E-state index is -0.175. The molecule has 0 unspecified atom stereocenters. The van der Waals surface area contributed by atoms with E-state index in [0.717, 1.165) is 61.0 Å². The number of aromatic nitrogens is 4. The third-order valence-electron chi connectivity index (χ3n) is 4.68. The van der Waals surface area contributed by atoms with E-state index in [2.05, 4.69) is 37.8 Å². The number of fused-ring (bicyclic) bond motifs is 3. The lowest BCUT2D eigenvalue weighted by Crippen LogP contribution is -2.22. The molecule has 6 nitrogen and oxygen atoms in total. The summed E-state index contributed by atoms with van der Waals surface area (Å²) in [4.78, 5) is 19.5. The lowest BCUT2D eigenvalue weighted by atomic mass is 10.2. The highest BCUT2D eigenvalue weighted by Crippen LogP contribution is 2.34. The number of aryl methyl sites for hydroxylation is 1. The maximum absolute atomic E-state index is 12.8. The van der Waals surface area contributed by atoms with Gasteiger partial charge >= 0.3 is 0 Å². The van der Waals surface area contributed by atoms with Gasteiger partial charge in [-0.1, -0.05) is 13.3 Å². The molecule has 3 heterocycles. The fourth-order valence-corrected chi connectivity index (χ4v) is 4.03. The van der Waals surface area contributed by atoms with Crippen molar-refractivity contribution < 1.29 is 0 Å². The van der Waals surface area contributed by atoms with Crippen LogP contribution in [-0.2, 0) is 6.54 Å². The maximum atomic E-state index is 12.8. The number of hydrogen-bond donors (Lipinski definition) is 0. The Morgan fingerprint density at radius 2 is 2.04 bits per heavy atom.